The van der Waals surface area contributed by atoms with Crippen LogP contribution in [0.1, 0.15) is 15.9 Å². The van der Waals surface area contributed by atoms with E-state index in [0.717, 1.165) is 5.56 Å². The summed E-state index contributed by atoms with van der Waals surface area (Å²) in [4.78, 5) is 24.2. The Kier molecular flexibility index (Phi) is 6.79. The summed E-state index contributed by atoms with van der Waals surface area (Å²) in [6.45, 7) is -0.404. The first-order chi connectivity index (χ1) is 12.6. The molecular weight excluding hydrogens is 336 g/mol. The van der Waals surface area contributed by atoms with Crippen molar-refractivity contribution in [3.8, 4) is 17.2 Å². The molecule has 26 heavy (non-hydrogen) atoms. The number of hydrogen-bond acceptors (Lipinski definition) is 6. The van der Waals surface area contributed by atoms with Gasteiger partial charge < -0.3 is 18.9 Å². The van der Waals surface area contributed by atoms with Crippen LogP contribution in [-0.4, -0.2) is 39.7 Å². The molecule has 0 aliphatic heterocycles. The number of rotatable bonds is 8. The maximum absolute atomic E-state index is 12.3. The minimum Gasteiger partial charge on any atom is -0.497 e. The first-order valence-electron chi connectivity index (χ1n) is 7.82. The molecule has 0 N–H and O–H groups in total. The van der Waals surface area contributed by atoms with Crippen LogP contribution in [0.5, 0.6) is 17.2 Å². The molecular formula is C20H20O6. The van der Waals surface area contributed by atoms with E-state index in [-0.39, 0.29) is 11.3 Å². The van der Waals surface area contributed by atoms with Crippen molar-refractivity contribution in [2.45, 2.75) is 0 Å². The zero-order chi connectivity index (χ0) is 18.9. The van der Waals surface area contributed by atoms with Gasteiger partial charge in [-0.3, -0.25) is 4.79 Å². The van der Waals surface area contributed by atoms with Crippen LogP contribution in [0.2, 0.25) is 0 Å². The topological polar surface area (TPSA) is 71.1 Å². The van der Waals surface area contributed by atoms with Crippen LogP contribution in [0.4, 0.5) is 0 Å². The molecule has 0 atom stereocenters. The number of para-hydroxylation sites is 1. The van der Waals surface area contributed by atoms with Crippen molar-refractivity contribution >= 4 is 17.8 Å². The lowest BCUT2D eigenvalue weighted by Gasteiger charge is -2.09. The molecule has 6 heteroatoms. The molecule has 0 bridgehead atoms. The predicted molar refractivity (Wildman–Crippen MR) is 96.9 cm³/mol. The number of methoxy groups -OCH3 is 3. The highest BCUT2D eigenvalue weighted by atomic mass is 16.5. The summed E-state index contributed by atoms with van der Waals surface area (Å²) in [5.41, 5.74) is 1.01. The first-order valence-corrected chi connectivity index (χ1v) is 7.82. The highest BCUT2D eigenvalue weighted by Crippen LogP contribution is 2.24. The zero-order valence-electron chi connectivity index (χ0n) is 14.9. The van der Waals surface area contributed by atoms with Crippen molar-refractivity contribution in [3.05, 3.63) is 59.7 Å². The molecule has 6 nitrogen and oxygen atoms in total. The van der Waals surface area contributed by atoms with Crippen LogP contribution in [0.25, 0.3) is 6.08 Å². The Morgan fingerprint density at radius 3 is 2.35 bits per heavy atom. The van der Waals surface area contributed by atoms with Gasteiger partial charge >= 0.3 is 5.97 Å². The number of carbonyl (C=O) groups is 2. The van der Waals surface area contributed by atoms with Gasteiger partial charge in [0.1, 0.15) is 17.2 Å². The molecule has 0 fully saturated rings. The Labute approximate surface area is 151 Å². The zero-order valence-corrected chi connectivity index (χ0v) is 14.9. The summed E-state index contributed by atoms with van der Waals surface area (Å²) in [5.74, 6) is 0.507. The summed E-state index contributed by atoms with van der Waals surface area (Å²) in [6.07, 6.45) is 2.81. The lowest BCUT2D eigenvalue weighted by Crippen LogP contribution is -2.13. The Balaban J connectivity index is 2.01. The third-order valence-electron chi connectivity index (χ3n) is 3.59. The average molecular weight is 356 g/mol. The highest BCUT2D eigenvalue weighted by Gasteiger charge is 2.15. The van der Waals surface area contributed by atoms with Gasteiger partial charge in [0.25, 0.3) is 0 Å². The average Bonchev–Trinajstić information content (AvgIpc) is 2.69. The van der Waals surface area contributed by atoms with Crippen molar-refractivity contribution in [2.75, 3.05) is 27.9 Å². The Morgan fingerprint density at radius 1 is 0.923 bits per heavy atom. The molecule has 0 radical (unpaired) electrons. The first kappa shape index (κ1) is 19.1. The largest absolute Gasteiger partial charge is 0.497 e. The normalized spacial score (nSPS) is 10.4. The maximum atomic E-state index is 12.3. The fourth-order valence-electron chi connectivity index (χ4n) is 2.26. The Bertz CT molecular complexity index is 810. The van der Waals surface area contributed by atoms with Gasteiger partial charge in [0, 0.05) is 11.6 Å². The second-order valence-corrected chi connectivity index (χ2v) is 5.17. The van der Waals surface area contributed by atoms with Crippen LogP contribution >= 0.6 is 0 Å². The molecule has 136 valence electrons. The second kappa shape index (κ2) is 9.27. The fourth-order valence-corrected chi connectivity index (χ4v) is 2.26. The van der Waals surface area contributed by atoms with Gasteiger partial charge in [-0.15, -0.1) is 0 Å². The van der Waals surface area contributed by atoms with Crippen molar-refractivity contribution in [3.63, 3.8) is 0 Å². The lowest BCUT2D eigenvalue weighted by atomic mass is 10.1. The van der Waals surface area contributed by atoms with Crippen LogP contribution in [0.15, 0.2) is 48.5 Å². The van der Waals surface area contributed by atoms with E-state index in [9.17, 15) is 9.59 Å². The maximum Gasteiger partial charge on any atom is 0.331 e. The lowest BCUT2D eigenvalue weighted by molar-refractivity contribution is -0.136. The van der Waals surface area contributed by atoms with Crippen LogP contribution in [0, 0.1) is 0 Å². The van der Waals surface area contributed by atoms with E-state index in [1.54, 1.807) is 43.5 Å². The molecule has 0 heterocycles. The minimum atomic E-state index is -0.633. The molecule has 0 saturated heterocycles. The third-order valence-corrected chi connectivity index (χ3v) is 3.59. The number of esters is 1. The number of hydrogen-bond donors (Lipinski definition) is 0. The molecule has 2 aromatic carbocycles. The molecule has 2 aromatic rings. The molecule has 0 aliphatic carbocycles. The van der Waals surface area contributed by atoms with Gasteiger partial charge in [-0.25, -0.2) is 4.79 Å². The van der Waals surface area contributed by atoms with Crippen molar-refractivity contribution in [1.29, 1.82) is 0 Å². The molecule has 0 aliphatic rings. The van der Waals surface area contributed by atoms with Crippen molar-refractivity contribution in [2.24, 2.45) is 0 Å². The predicted octanol–water partition coefficient (Wildman–Crippen LogP) is 3.15. The van der Waals surface area contributed by atoms with Crippen molar-refractivity contribution < 1.29 is 28.5 Å². The van der Waals surface area contributed by atoms with E-state index in [0.29, 0.717) is 17.2 Å². The monoisotopic (exact) mass is 356 g/mol. The number of Topliss-reactive ketones (excluding diaryl/α,β-unsaturated/α-hetero) is 1. The van der Waals surface area contributed by atoms with Gasteiger partial charge in [0.15, 0.2) is 6.61 Å². The van der Waals surface area contributed by atoms with Gasteiger partial charge in [0.2, 0.25) is 5.78 Å². The molecule has 2 rings (SSSR count). The van der Waals surface area contributed by atoms with E-state index in [4.69, 9.17) is 18.9 Å². The van der Waals surface area contributed by atoms with Crippen LogP contribution < -0.4 is 14.2 Å². The Morgan fingerprint density at radius 2 is 1.65 bits per heavy atom. The quantitative estimate of drug-likeness (QED) is 0.411. The molecule has 0 aromatic heterocycles. The summed E-state index contributed by atoms with van der Waals surface area (Å²) in [6, 6.07) is 12.1. The van der Waals surface area contributed by atoms with Crippen LogP contribution in [-0.2, 0) is 9.53 Å². The van der Waals surface area contributed by atoms with Gasteiger partial charge in [-0.2, -0.15) is 0 Å². The van der Waals surface area contributed by atoms with E-state index in [1.165, 1.54) is 20.3 Å². The van der Waals surface area contributed by atoms with Gasteiger partial charge in [0.05, 0.1) is 26.9 Å². The summed E-state index contributed by atoms with van der Waals surface area (Å²) in [7, 11) is 4.50. The van der Waals surface area contributed by atoms with Gasteiger partial charge in [-0.1, -0.05) is 18.2 Å². The standard InChI is InChI=1S/C20H20O6/c1-23-15-9-10-19(25-3)16(12-15)17(21)13-26-20(22)11-8-14-6-4-5-7-18(14)24-2/h4-12H,13H2,1-3H3/b11-8+. The number of carbonyl (C=O) groups excluding carboxylic acids is 2. The van der Waals surface area contributed by atoms with Crippen molar-refractivity contribution in [1.82, 2.24) is 0 Å². The van der Waals surface area contributed by atoms with E-state index >= 15 is 0 Å². The SMILES string of the molecule is COc1ccc(OC)c(C(=O)COC(=O)/C=C/c2ccccc2OC)c1. The fraction of sp³-hybridized carbons (Fsp3) is 0.200. The van der Waals surface area contributed by atoms with Gasteiger partial charge in [-0.05, 0) is 30.3 Å². The second-order valence-electron chi connectivity index (χ2n) is 5.17. The number of benzene rings is 2. The molecule has 0 spiro atoms. The number of ketones is 1. The molecule has 0 unspecified atom stereocenters. The van der Waals surface area contributed by atoms with Crippen LogP contribution in [0.3, 0.4) is 0 Å². The number of ether oxygens (including phenoxy) is 4. The van der Waals surface area contributed by atoms with E-state index in [2.05, 4.69) is 0 Å². The molecule has 0 saturated carbocycles. The summed E-state index contributed by atoms with van der Waals surface area (Å²) < 4.78 is 20.5. The van der Waals surface area contributed by atoms with E-state index in [1.807, 2.05) is 12.1 Å². The smallest absolute Gasteiger partial charge is 0.331 e. The highest BCUT2D eigenvalue weighted by molar-refractivity contribution is 6.01. The van der Waals surface area contributed by atoms with E-state index < -0.39 is 12.6 Å². The summed E-state index contributed by atoms with van der Waals surface area (Å²) >= 11 is 0. The summed E-state index contributed by atoms with van der Waals surface area (Å²) in [5, 5.41) is 0. The molecule has 0 amide bonds. The Hall–Kier alpha value is -3.28. The third kappa shape index (κ3) is 4.86. The minimum absolute atomic E-state index is 0.286.